The molecule has 2 unspecified atom stereocenters. The number of nitrogens with zero attached hydrogens (tertiary/aromatic N) is 4. The monoisotopic (exact) mass is 415 g/mol. The van der Waals surface area contributed by atoms with Crippen molar-refractivity contribution in [2.75, 3.05) is 19.5 Å². The molecule has 0 saturated heterocycles. The first-order valence-corrected chi connectivity index (χ1v) is 9.00. The number of benzene rings is 2. The maximum absolute atomic E-state index is 5.46. The van der Waals surface area contributed by atoms with Crippen LogP contribution in [0, 0.1) is 0 Å². The number of ether oxygens (including phenoxy) is 2. The van der Waals surface area contributed by atoms with E-state index in [0.29, 0.717) is 17.4 Å². The van der Waals surface area contributed by atoms with Crippen LogP contribution >= 0.6 is 15.9 Å². The van der Waals surface area contributed by atoms with Crippen LogP contribution in [0.15, 0.2) is 46.9 Å². The van der Waals surface area contributed by atoms with E-state index in [-0.39, 0.29) is 12.1 Å². The lowest BCUT2D eigenvalue weighted by Gasteiger charge is -2.31. The van der Waals surface area contributed by atoms with Crippen molar-refractivity contribution in [1.29, 1.82) is 0 Å². The molecule has 0 bridgehead atoms. The molecule has 4 rings (SSSR count). The third-order valence-electron chi connectivity index (χ3n) is 4.62. The number of fused-ring (bicyclic) bond motifs is 1. The van der Waals surface area contributed by atoms with Crippen LogP contribution in [0.1, 0.15) is 29.6 Å². The molecular formula is C18H18BrN5O2. The van der Waals surface area contributed by atoms with Crippen molar-refractivity contribution in [3.8, 4) is 11.5 Å². The van der Waals surface area contributed by atoms with Gasteiger partial charge in [0.15, 0.2) is 11.5 Å². The summed E-state index contributed by atoms with van der Waals surface area (Å²) in [6, 6.07) is 14.3. The average Bonchev–Trinajstić information content (AvgIpc) is 3.16. The summed E-state index contributed by atoms with van der Waals surface area (Å²) in [6.45, 7) is 0. The van der Waals surface area contributed by atoms with E-state index in [1.165, 1.54) is 5.56 Å². The minimum Gasteiger partial charge on any atom is -0.493 e. The molecule has 1 N–H and O–H groups in total. The molecule has 8 heteroatoms. The summed E-state index contributed by atoms with van der Waals surface area (Å²) in [5.41, 5.74) is 2.26. The summed E-state index contributed by atoms with van der Waals surface area (Å²) in [4.78, 5) is 0. The van der Waals surface area contributed by atoms with Gasteiger partial charge in [-0.15, -0.1) is 0 Å². The van der Waals surface area contributed by atoms with Crippen LogP contribution in [0.3, 0.4) is 0 Å². The Morgan fingerprint density at radius 1 is 1.04 bits per heavy atom. The van der Waals surface area contributed by atoms with E-state index in [1.807, 2.05) is 35.0 Å². The smallest absolute Gasteiger partial charge is 0.243 e. The lowest BCUT2D eigenvalue weighted by molar-refractivity contribution is 0.352. The van der Waals surface area contributed by atoms with Crippen molar-refractivity contribution in [1.82, 2.24) is 20.2 Å². The Bertz CT molecular complexity index is 912. The average molecular weight is 416 g/mol. The van der Waals surface area contributed by atoms with E-state index < -0.39 is 0 Å². The zero-order valence-electron chi connectivity index (χ0n) is 14.4. The van der Waals surface area contributed by atoms with Gasteiger partial charge in [0.05, 0.1) is 26.3 Å². The van der Waals surface area contributed by atoms with Gasteiger partial charge in [-0.1, -0.05) is 39.2 Å². The quantitative estimate of drug-likeness (QED) is 0.701. The van der Waals surface area contributed by atoms with Crippen LogP contribution in [-0.4, -0.2) is 34.4 Å². The first-order valence-electron chi connectivity index (χ1n) is 8.21. The number of anilines is 1. The molecule has 0 fully saturated rings. The fourth-order valence-corrected chi connectivity index (χ4v) is 3.55. The molecule has 0 saturated carbocycles. The van der Waals surface area contributed by atoms with E-state index in [2.05, 4.69) is 48.9 Å². The molecule has 1 aliphatic rings. The van der Waals surface area contributed by atoms with Crippen LogP contribution in [-0.2, 0) is 0 Å². The molecular weight excluding hydrogens is 398 g/mol. The first-order chi connectivity index (χ1) is 12.7. The van der Waals surface area contributed by atoms with Crippen LogP contribution < -0.4 is 14.8 Å². The summed E-state index contributed by atoms with van der Waals surface area (Å²) in [5, 5.41) is 15.6. The van der Waals surface area contributed by atoms with Crippen molar-refractivity contribution >= 4 is 21.9 Å². The number of rotatable bonds is 4. The molecule has 0 amide bonds. The van der Waals surface area contributed by atoms with E-state index in [1.54, 1.807) is 14.2 Å². The summed E-state index contributed by atoms with van der Waals surface area (Å²) in [6.07, 6.45) is 0.815. The zero-order chi connectivity index (χ0) is 18.1. The van der Waals surface area contributed by atoms with Crippen LogP contribution in [0.2, 0.25) is 0 Å². The SMILES string of the molecule is COc1ccc(C2CC(c3ccc(Br)cc3)Nc3nnnn32)cc1OC. The van der Waals surface area contributed by atoms with Crippen molar-refractivity contribution < 1.29 is 9.47 Å². The summed E-state index contributed by atoms with van der Waals surface area (Å²) in [5.74, 6) is 2.05. The lowest BCUT2D eigenvalue weighted by atomic mass is 9.93. The van der Waals surface area contributed by atoms with Crippen molar-refractivity contribution in [2.45, 2.75) is 18.5 Å². The van der Waals surface area contributed by atoms with E-state index in [9.17, 15) is 0 Å². The normalized spacial score (nSPS) is 18.7. The number of halogens is 1. The van der Waals surface area contributed by atoms with Crippen molar-refractivity contribution in [3.05, 3.63) is 58.1 Å². The van der Waals surface area contributed by atoms with Gasteiger partial charge in [-0.2, -0.15) is 0 Å². The molecule has 3 aromatic rings. The van der Waals surface area contributed by atoms with E-state index in [0.717, 1.165) is 16.5 Å². The topological polar surface area (TPSA) is 74.1 Å². The van der Waals surface area contributed by atoms with Gasteiger partial charge in [0.25, 0.3) is 0 Å². The van der Waals surface area contributed by atoms with E-state index >= 15 is 0 Å². The second kappa shape index (κ2) is 6.95. The Morgan fingerprint density at radius 2 is 1.77 bits per heavy atom. The highest BCUT2D eigenvalue weighted by molar-refractivity contribution is 9.10. The number of hydrogen-bond donors (Lipinski definition) is 1. The molecule has 2 aromatic carbocycles. The molecule has 2 atom stereocenters. The van der Waals surface area contributed by atoms with Gasteiger partial charge < -0.3 is 14.8 Å². The number of nitrogens with one attached hydrogen (secondary N) is 1. The fraction of sp³-hybridized carbons (Fsp3) is 0.278. The lowest BCUT2D eigenvalue weighted by Crippen LogP contribution is -2.28. The van der Waals surface area contributed by atoms with Gasteiger partial charge in [0, 0.05) is 4.47 Å². The molecule has 0 aliphatic carbocycles. The minimum absolute atomic E-state index is 0.00490. The Labute approximate surface area is 159 Å². The Morgan fingerprint density at radius 3 is 2.50 bits per heavy atom. The molecule has 1 aliphatic heterocycles. The van der Waals surface area contributed by atoms with Crippen molar-refractivity contribution in [3.63, 3.8) is 0 Å². The fourth-order valence-electron chi connectivity index (χ4n) is 3.29. The zero-order valence-corrected chi connectivity index (χ0v) is 16.0. The largest absolute Gasteiger partial charge is 0.493 e. The molecule has 0 spiro atoms. The van der Waals surface area contributed by atoms with E-state index in [4.69, 9.17) is 9.47 Å². The second-order valence-electron chi connectivity index (χ2n) is 6.06. The first kappa shape index (κ1) is 16.8. The molecule has 26 heavy (non-hydrogen) atoms. The van der Waals surface area contributed by atoms with Gasteiger partial charge in [0.2, 0.25) is 5.95 Å². The summed E-state index contributed by atoms with van der Waals surface area (Å²) >= 11 is 3.48. The number of aromatic nitrogens is 4. The summed E-state index contributed by atoms with van der Waals surface area (Å²) in [7, 11) is 3.27. The number of hydrogen-bond acceptors (Lipinski definition) is 6. The highest BCUT2D eigenvalue weighted by Crippen LogP contribution is 2.39. The maximum atomic E-state index is 5.46. The highest BCUT2D eigenvalue weighted by atomic mass is 79.9. The van der Waals surface area contributed by atoms with Crippen LogP contribution in [0.4, 0.5) is 5.95 Å². The molecule has 134 valence electrons. The number of methoxy groups -OCH3 is 2. The Hall–Kier alpha value is -2.61. The summed E-state index contributed by atoms with van der Waals surface area (Å²) < 4.78 is 13.7. The third-order valence-corrected chi connectivity index (χ3v) is 5.14. The second-order valence-corrected chi connectivity index (χ2v) is 6.98. The van der Waals surface area contributed by atoms with Gasteiger partial charge in [-0.3, -0.25) is 0 Å². The highest BCUT2D eigenvalue weighted by Gasteiger charge is 2.31. The molecule has 0 radical (unpaired) electrons. The van der Waals surface area contributed by atoms with Gasteiger partial charge >= 0.3 is 0 Å². The Kier molecular flexibility index (Phi) is 4.50. The van der Waals surface area contributed by atoms with Crippen molar-refractivity contribution in [2.24, 2.45) is 0 Å². The third kappa shape index (κ3) is 3.01. The maximum Gasteiger partial charge on any atom is 0.243 e. The van der Waals surface area contributed by atoms with Gasteiger partial charge in [-0.25, -0.2) is 4.68 Å². The number of tetrazole rings is 1. The van der Waals surface area contributed by atoms with Gasteiger partial charge in [0.1, 0.15) is 0 Å². The standard InChI is InChI=1S/C18H18BrN5O2/c1-25-16-8-5-12(9-17(16)26-2)15-10-14(11-3-6-13(19)7-4-11)20-18-21-22-23-24(15)18/h3-9,14-15H,10H2,1-2H3,(H,20,21,23). The predicted octanol–water partition coefficient (Wildman–Crippen LogP) is 3.60. The van der Waals surface area contributed by atoms with Crippen LogP contribution in [0.5, 0.6) is 11.5 Å². The van der Waals surface area contributed by atoms with Gasteiger partial charge in [-0.05, 0) is 52.2 Å². The molecule has 2 heterocycles. The minimum atomic E-state index is -0.00490. The predicted molar refractivity (Wildman–Crippen MR) is 101 cm³/mol. The Balaban J connectivity index is 1.72. The van der Waals surface area contributed by atoms with Crippen LogP contribution in [0.25, 0.3) is 0 Å². The molecule has 7 nitrogen and oxygen atoms in total. The molecule has 1 aromatic heterocycles.